The number of ether oxygens (including phenoxy) is 6. The molecule has 28 heavy (non-hydrogen) atoms. The van der Waals surface area contributed by atoms with Crippen LogP contribution in [0.25, 0.3) is 5.57 Å². The van der Waals surface area contributed by atoms with Crippen LogP contribution < -0.4 is 9.47 Å². The minimum atomic E-state index is -0.887. The monoisotopic (exact) mass is 394 g/mol. The molecule has 0 bridgehead atoms. The number of methoxy groups -OCH3 is 2. The Bertz CT molecular complexity index is 713. The van der Waals surface area contributed by atoms with Gasteiger partial charge in [-0.1, -0.05) is 12.1 Å². The molecule has 1 heterocycles. The summed E-state index contributed by atoms with van der Waals surface area (Å²) in [6.07, 6.45) is -0.707. The molecule has 1 fully saturated rings. The van der Waals surface area contributed by atoms with Crippen molar-refractivity contribution in [3.63, 3.8) is 0 Å². The van der Waals surface area contributed by atoms with Crippen molar-refractivity contribution in [3.05, 3.63) is 29.8 Å². The third kappa shape index (κ3) is 4.18. The second-order valence-electron chi connectivity index (χ2n) is 7.67. The highest BCUT2D eigenvalue weighted by Crippen LogP contribution is 2.46. The molecular weight excluding hydrogens is 364 g/mol. The maximum absolute atomic E-state index is 10.8. The number of aliphatic hydroxyl groups is 1. The molecule has 1 saturated heterocycles. The molecule has 7 nitrogen and oxygen atoms in total. The molecule has 7 heteroatoms. The van der Waals surface area contributed by atoms with Gasteiger partial charge in [-0.15, -0.1) is 0 Å². The van der Waals surface area contributed by atoms with Gasteiger partial charge in [-0.3, -0.25) is 0 Å². The van der Waals surface area contributed by atoms with Gasteiger partial charge in [0.1, 0.15) is 31.2 Å². The van der Waals surface area contributed by atoms with Crippen LogP contribution in [0.15, 0.2) is 24.3 Å². The quantitative estimate of drug-likeness (QED) is 0.713. The summed E-state index contributed by atoms with van der Waals surface area (Å²) in [7, 11) is 3.14. The Morgan fingerprint density at radius 3 is 2.57 bits per heavy atom. The van der Waals surface area contributed by atoms with Crippen LogP contribution in [-0.4, -0.2) is 62.4 Å². The van der Waals surface area contributed by atoms with Crippen LogP contribution in [0.4, 0.5) is 0 Å². The standard InChI is InChI=1S/C21H30O7/c1-12(2)26-17-13(8-7-9-16(17)24-6)14-10-15(22)19(25-11-23-5)20-18(14)27-21(3,4)28-20/h7-10,12,15,18-20,22H,11H2,1-6H3/t15-,18+,19+,20+/m0/s1. The van der Waals surface area contributed by atoms with Crippen molar-refractivity contribution in [2.75, 3.05) is 21.0 Å². The molecule has 1 N–H and O–H groups in total. The van der Waals surface area contributed by atoms with Crippen molar-refractivity contribution < 1.29 is 33.5 Å². The molecule has 1 aromatic carbocycles. The zero-order valence-corrected chi connectivity index (χ0v) is 17.3. The smallest absolute Gasteiger partial charge is 0.169 e. The first-order chi connectivity index (χ1) is 13.3. The molecule has 0 saturated carbocycles. The largest absolute Gasteiger partial charge is 0.493 e. The Balaban J connectivity index is 2.06. The van der Waals surface area contributed by atoms with Crippen LogP contribution in [0.2, 0.25) is 0 Å². The van der Waals surface area contributed by atoms with E-state index in [1.165, 1.54) is 7.11 Å². The molecule has 1 aliphatic carbocycles. The first kappa shape index (κ1) is 21.1. The number of fused-ring (bicyclic) bond motifs is 1. The Morgan fingerprint density at radius 2 is 1.93 bits per heavy atom. The Morgan fingerprint density at radius 1 is 1.18 bits per heavy atom. The summed E-state index contributed by atoms with van der Waals surface area (Å²) >= 11 is 0. The van der Waals surface area contributed by atoms with Crippen molar-refractivity contribution in [2.45, 2.75) is 64.0 Å². The molecule has 1 aliphatic heterocycles. The highest BCUT2D eigenvalue weighted by Gasteiger charge is 2.52. The minimum absolute atomic E-state index is 0.0464. The number of hydrogen-bond donors (Lipinski definition) is 1. The Labute approximate surface area is 166 Å². The van der Waals surface area contributed by atoms with E-state index in [1.54, 1.807) is 13.2 Å². The fraction of sp³-hybridized carbons (Fsp3) is 0.619. The van der Waals surface area contributed by atoms with Crippen LogP contribution in [-0.2, 0) is 18.9 Å². The second kappa shape index (κ2) is 8.39. The van der Waals surface area contributed by atoms with Crippen LogP contribution in [0.1, 0.15) is 33.3 Å². The molecule has 4 atom stereocenters. The summed E-state index contributed by atoms with van der Waals surface area (Å²) < 4.78 is 34.5. The minimum Gasteiger partial charge on any atom is -0.493 e. The maximum Gasteiger partial charge on any atom is 0.169 e. The van der Waals surface area contributed by atoms with E-state index in [0.717, 1.165) is 11.1 Å². The van der Waals surface area contributed by atoms with E-state index in [-0.39, 0.29) is 12.9 Å². The van der Waals surface area contributed by atoms with Gasteiger partial charge in [-0.25, -0.2) is 0 Å². The number of benzene rings is 1. The average Bonchev–Trinajstić information content (AvgIpc) is 2.95. The third-order valence-electron chi connectivity index (χ3n) is 4.69. The van der Waals surface area contributed by atoms with Gasteiger partial charge in [0, 0.05) is 12.7 Å². The van der Waals surface area contributed by atoms with E-state index in [4.69, 9.17) is 28.4 Å². The summed E-state index contributed by atoms with van der Waals surface area (Å²) in [4.78, 5) is 0. The molecule has 0 amide bonds. The van der Waals surface area contributed by atoms with E-state index < -0.39 is 30.2 Å². The molecule has 156 valence electrons. The van der Waals surface area contributed by atoms with Gasteiger partial charge in [0.15, 0.2) is 17.3 Å². The normalized spacial score (nSPS) is 28.8. The van der Waals surface area contributed by atoms with Crippen molar-refractivity contribution in [1.29, 1.82) is 0 Å². The summed E-state index contributed by atoms with van der Waals surface area (Å²) in [5, 5.41) is 10.8. The Hall–Kier alpha value is -1.64. The second-order valence-corrected chi connectivity index (χ2v) is 7.67. The predicted molar refractivity (Wildman–Crippen MR) is 103 cm³/mol. The van der Waals surface area contributed by atoms with Crippen molar-refractivity contribution in [3.8, 4) is 11.5 Å². The van der Waals surface area contributed by atoms with E-state index in [2.05, 4.69) is 0 Å². The van der Waals surface area contributed by atoms with Gasteiger partial charge in [0.25, 0.3) is 0 Å². The first-order valence-corrected chi connectivity index (χ1v) is 9.47. The van der Waals surface area contributed by atoms with Crippen molar-refractivity contribution >= 4 is 5.57 Å². The van der Waals surface area contributed by atoms with Gasteiger partial charge in [-0.2, -0.15) is 0 Å². The van der Waals surface area contributed by atoms with Crippen LogP contribution in [0, 0.1) is 0 Å². The van der Waals surface area contributed by atoms with Gasteiger partial charge in [-0.05, 0) is 45.4 Å². The number of rotatable bonds is 7. The molecule has 0 aromatic heterocycles. The highest BCUT2D eigenvalue weighted by molar-refractivity contribution is 5.77. The predicted octanol–water partition coefficient (Wildman–Crippen LogP) is 2.75. The van der Waals surface area contributed by atoms with E-state index in [9.17, 15) is 5.11 Å². The topological polar surface area (TPSA) is 75.6 Å². The summed E-state index contributed by atoms with van der Waals surface area (Å²) in [6.45, 7) is 7.66. The average molecular weight is 394 g/mol. The summed E-state index contributed by atoms with van der Waals surface area (Å²) in [5.74, 6) is 0.418. The summed E-state index contributed by atoms with van der Waals surface area (Å²) in [5.41, 5.74) is 1.59. The molecule has 0 unspecified atom stereocenters. The van der Waals surface area contributed by atoms with Crippen molar-refractivity contribution in [1.82, 2.24) is 0 Å². The van der Waals surface area contributed by atoms with Crippen LogP contribution in [0.3, 0.4) is 0 Å². The van der Waals surface area contributed by atoms with E-state index in [1.807, 2.05) is 45.9 Å². The van der Waals surface area contributed by atoms with Gasteiger partial charge in [0.2, 0.25) is 0 Å². The first-order valence-electron chi connectivity index (χ1n) is 9.47. The molecule has 0 spiro atoms. The van der Waals surface area contributed by atoms with E-state index >= 15 is 0 Å². The lowest BCUT2D eigenvalue weighted by molar-refractivity contribution is -0.182. The summed E-state index contributed by atoms with van der Waals surface area (Å²) in [6, 6.07) is 5.66. The molecule has 3 rings (SSSR count). The maximum atomic E-state index is 10.8. The van der Waals surface area contributed by atoms with Crippen LogP contribution >= 0.6 is 0 Å². The molecular formula is C21H30O7. The van der Waals surface area contributed by atoms with Crippen LogP contribution in [0.5, 0.6) is 11.5 Å². The zero-order valence-electron chi connectivity index (χ0n) is 17.3. The fourth-order valence-electron chi connectivity index (χ4n) is 3.68. The number of aliphatic hydroxyl groups excluding tert-OH is 1. The van der Waals surface area contributed by atoms with E-state index in [0.29, 0.717) is 11.5 Å². The van der Waals surface area contributed by atoms with Crippen molar-refractivity contribution in [2.24, 2.45) is 0 Å². The van der Waals surface area contributed by atoms with Gasteiger partial charge in [0.05, 0.1) is 13.2 Å². The molecule has 2 aliphatic rings. The van der Waals surface area contributed by atoms with Gasteiger partial charge >= 0.3 is 0 Å². The zero-order chi connectivity index (χ0) is 20.5. The fourth-order valence-corrected chi connectivity index (χ4v) is 3.68. The lowest BCUT2D eigenvalue weighted by Crippen LogP contribution is -2.48. The molecule has 1 aromatic rings. The lowest BCUT2D eigenvalue weighted by Gasteiger charge is -2.35. The Kier molecular flexibility index (Phi) is 6.31. The lowest BCUT2D eigenvalue weighted by atomic mass is 9.85. The number of hydrogen-bond acceptors (Lipinski definition) is 7. The SMILES string of the molecule is COCO[C@H]1[C@@H]2OC(C)(C)O[C@@H]2C(c2cccc(OC)c2OC(C)C)=C[C@@H]1O. The highest BCUT2D eigenvalue weighted by atomic mass is 16.8. The number of para-hydroxylation sites is 1. The molecule has 0 radical (unpaired) electrons. The van der Waals surface area contributed by atoms with Gasteiger partial charge < -0.3 is 33.5 Å². The third-order valence-corrected chi connectivity index (χ3v) is 4.69.